The van der Waals surface area contributed by atoms with Gasteiger partial charge in [0, 0.05) is 13.1 Å². The third kappa shape index (κ3) is 2.63. The zero-order valence-electron chi connectivity index (χ0n) is 10.5. The number of carboxylic acids is 1. The first kappa shape index (κ1) is 12.9. The zero-order chi connectivity index (χ0) is 13.1. The summed E-state index contributed by atoms with van der Waals surface area (Å²) in [5.41, 5.74) is 0.526. The number of hydrogen-bond donors (Lipinski definition) is 1. The summed E-state index contributed by atoms with van der Waals surface area (Å²) in [4.78, 5) is 12.8. The van der Waals surface area contributed by atoms with Gasteiger partial charge in [0.2, 0.25) is 0 Å². The fraction of sp³-hybridized carbons (Fsp3) is 0.500. The molecule has 1 aliphatic rings. The van der Waals surface area contributed by atoms with Crippen LogP contribution in [0.25, 0.3) is 0 Å². The van der Waals surface area contributed by atoms with Gasteiger partial charge in [0.05, 0.1) is 11.3 Å². The largest absolute Gasteiger partial charge is 0.478 e. The number of halogens is 1. The Balaban J connectivity index is 2.20. The van der Waals surface area contributed by atoms with Crippen molar-refractivity contribution in [1.29, 1.82) is 0 Å². The predicted molar refractivity (Wildman–Crippen MR) is 68.6 cm³/mol. The van der Waals surface area contributed by atoms with Crippen LogP contribution in [0.5, 0.6) is 0 Å². The summed E-state index contributed by atoms with van der Waals surface area (Å²) in [5.74, 6) is -0.922. The summed E-state index contributed by atoms with van der Waals surface area (Å²) in [5, 5.41) is 8.81. The third-order valence-electron chi connectivity index (χ3n) is 3.63. The minimum absolute atomic E-state index is 0.000279. The topological polar surface area (TPSA) is 40.5 Å². The van der Waals surface area contributed by atoms with E-state index in [0.717, 1.165) is 32.0 Å². The minimum Gasteiger partial charge on any atom is -0.478 e. The lowest BCUT2D eigenvalue weighted by Gasteiger charge is -2.34. The highest BCUT2D eigenvalue weighted by atomic mass is 19.1. The monoisotopic (exact) mass is 251 g/mol. The molecule has 0 bridgehead atoms. The first-order chi connectivity index (χ1) is 8.61. The second-order valence-corrected chi connectivity index (χ2v) is 4.83. The molecule has 1 fully saturated rings. The fourth-order valence-corrected chi connectivity index (χ4v) is 2.51. The van der Waals surface area contributed by atoms with Gasteiger partial charge in [-0.15, -0.1) is 0 Å². The molecule has 0 saturated carbocycles. The molecule has 4 heteroatoms. The number of carbonyl (C=O) groups is 1. The van der Waals surface area contributed by atoms with Crippen LogP contribution in [0.15, 0.2) is 18.2 Å². The number of benzene rings is 1. The van der Waals surface area contributed by atoms with Gasteiger partial charge in [-0.2, -0.15) is 0 Å². The van der Waals surface area contributed by atoms with Crippen molar-refractivity contribution in [3.8, 4) is 0 Å². The van der Waals surface area contributed by atoms with E-state index < -0.39 is 11.8 Å². The average molecular weight is 251 g/mol. The van der Waals surface area contributed by atoms with Crippen LogP contribution in [-0.2, 0) is 0 Å². The summed E-state index contributed by atoms with van der Waals surface area (Å²) in [7, 11) is 0. The Labute approximate surface area is 106 Å². The van der Waals surface area contributed by atoms with Crippen LogP contribution in [-0.4, -0.2) is 24.2 Å². The maximum Gasteiger partial charge on any atom is 0.335 e. The molecule has 0 amide bonds. The number of carboxylic acid groups (broad SMARTS) is 1. The summed E-state index contributed by atoms with van der Waals surface area (Å²) >= 11 is 0. The van der Waals surface area contributed by atoms with Crippen molar-refractivity contribution in [2.75, 3.05) is 18.0 Å². The van der Waals surface area contributed by atoms with Crippen molar-refractivity contribution in [3.63, 3.8) is 0 Å². The van der Waals surface area contributed by atoms with E-state index in [2.05, 4.69) is 6.92 Å². The molecule has 1 heterocycles. The molecule has 98 valence electrons. The highest BCUT2D eigenvalue weighted by molar-refractivity contribution is 5.88. The van der Waals surface area contributed by atoms with E-state index >= 15 is 0 Å². The molecule has 0 aliphatic carbocycles. The SMILES string of the molecule is CCC1CCCN(c2ccc(C(=O)O)cc2F)C1. The zero-order valence-corrected chi connectivity index (χ0v) is 10.5. The normalized spacial score (nSPS) is 19.9. The Morgan fingerprint density at radius 1 is 1.56 bits per heavy atom. The van der Waals surface area contributed by atoms with E-state index in [-0.39, 0.29) is 5.56 Å². The number of aromatic carboxylic acids is 1. The van der Waals surface area contributed by atoms with Gasteiger partial charge in [0.25, 0.3) is 0 Å². The van der Waals surface area contributed by atoms with Gasteiger partial charge in [0.1, 0.15) is 5.82 Å². The Bertz CT molecular complexity index is 447. The van der Waals surface area contributed by atoms with Crippen molar-refractivity contribution >= 4 is 11.7 Å². The molecule has 2 rings (SSSR count). The standard InChI is InChI=1S/C14H18FNO2/c1-2-10-4-3-7-16(9-10)13-6-5-11(14(17)18)8-12(13)15/h5-6,8,10H,2-4,7,9H2,1H3,(H,17,18). The van der Waals surface area contributed by atoms with Crippen LogP contribution in [0.4, 0.5) is 10.1 Å². The van der Waals surface area contributed by atoms with E-state index in [0.29, 0.717) is 11.6 Å². The Kier molecular flexibility index (Phi) is 3.84. The quantitative estimate of drug-likeness (QED) is 0.897. The van der Waals surface area contributed by atoms with E-state index in [4.69, 9.17) is 5.11 Å². The highest BCUT2D eigenvalue weighted by Gasteiger charge is 2.21. The van der Waals surface area contributed by atoms with Gasteiger partial charge in [-0.3, -0.25) is 0 Å². The Morgan fingerprint density at radius 3 is 2.94 bits per heavy atom. The van der Waals surface area contributed by atoms with E-state index in [9.17, 15) is 9.18 Å². The third-order valence-corrected chi connectivity index (χ3v) is 3.63. The molecule has 1 aromatic rings. The smallest absolute Gasteiger partial charge is 0.335 e. The Hall–Kier alpha value is -1.58. The van der Waals surface area contributed by atoms with Crippen molar-refractivity contribution in [3.05, 3.63) is 29.6 Å². The number of nitrogens with zero attached hydrogens (tertiary/aromatic N) is 1. The molecular weight excluding hydrogens is 233 g/mol. The summed E-state index contributed by atoms with van der Waals surface area (Å²) in [6.07, 6.45) is 3.37. The average Bonchev–Trinajstić information content (AvgIpc) is 2.38. The van der Waals surface area contributed by atoms with Crippen LogP contribution in [0.3, 0.4) is 0 Å². The van der Waals surface area contributed by atoms with Gasteiger partial charge in [0.15, 0.2) is 0 Å². The molecule has 0 aromatic heterocycles. The van der Waals surface area contributed by atoms with Crippen LogP contribution in [0.1, 0.15) is 36.5 Å². The van der Waals surface area contributed by atoms with Crippen LogP contribution < -0.4 is 4.90 Å². The molecular formula is C14H18FNO2. The summed E-state index contributed by atoms with van der Waals surface area (Å²) < 4.78 is 13.9. The molecule has 1 aliphatic heterocycles. The van der Waals surface area contributed by atoms with E-state index in [1.54, 1.807) is 6.07 Å². The van der Waals surface area contributed by atoms with Crippen LogP contribution in [0, 0.1) is 11.7 Å². The molecule has 3 nitrogen and oxygen atoms in total. The first-order valence-electron chi connectivity index (χ1n) is 6.39. The van der Waals surface area contributed by atoms with Gasteiger partial charge in [-0.25, -0.2) is 9.18 Å². The lowest BCUT2D eigenvalue weighted by Crippen LogP contribution is -2.35. The number of hydrogen-bond acceptors (Lipinski definition) is 2. The molecule has 0 spiro atoms. The molecule has 0 radical (unpaired) electrons. The molecule has 1 unspecified atom stereocenters. The maximum absolute atomic E-state index is 13.9. The second kappa shape index (κ2) is 5.38. The van der Waals surface area contributed by atoms with E-state index in [1.165, 1.54) is 12.5 Å². The van der Waals surface area contributed by atoms with Crippen molar-refractivity contribution in [1.82, 2.24) is 0 Å². The van der Waals surface area contributed by atoms with Crippen molar-refractivity contribution in [2.45, 2.75) is 26.2 Å². The maximum atomic E-state index is 13.9. The van der Waals surface area contributed by atoms with E-state index in [1.807, 2.05) is 4.90 Å². The van der Waals surface area contributed by atoms with Gasteiger partial charge < -0.3 is 10.0 Å². The molecule has 1 aromatic carbocycles. The fourth-order valence-electron chi connectivity index (χ4n) is 2.51. The highest BCUT2D eigenvalue weighted by Crippen LogP contribution is 2.27. The van der Waals surface area contributed by atoms with Crippen molar-refractivity contribution in [2.24, 2.45) is 5.92 Å². The minimum atomic E-state index is -1.09. The van der Waals surface area contributed by atoms with Gasteiger partial charge >= 0.3 is 5.97 Å². The number of rotatable bonds is 3. The number of anilines is 1. The second-order valence-electron chi connectivity index (χ2n) is 4.83. The molecule has 1 atom stereocenters. The van der Waals surface area contributed by atoms with Crippen molar-refractivity contribution < 1.29 is 14.3 Å². The van der Waals surface area contributed by atoms with Crippen LogP contribution in [0.2, 0.25) is 0 Å². The predicted octanol–water partition coefficient (Wildman–Crippen LogP) is 3.15. The summed E-state index contributed by atoms with van der Waals surface area (Å²) in [6.45, 7) is 3.86. The molecule has 18 heavy (non-hydrogen) atoms. The lowest BCUT2D eigenvalue weighted by molar-refractivity contribution is 0.0696. The first-order valence-corrected chi connectivity index (χ1v) is 6.39. The number of piperidine rings is 1. The van der Waals surface area contributed by atoms with Crippen LogP contribution >= 0.6 is 0 Å². The lowest BCUT2D eigenvalue weighted by atomic mass is 9.95. The Morgan fingerprint density at radius 2 is 2.33 bits per heavy atom. The molecule has 1 saturated heterocycles. The van der Waals surface area contributed by atoms with Gasteiger partial charge in [-0.05, 0) is 37.0 Å². The summed E-state index contributed by atoms with van der Waals surface area (Å²) in [6, 6.07) is 4.15. The van der Waals surface area contributed by atoms with Gasteiger partial charge in [-0.1, -0.05) is 13.3 Å². The molecule has 1 N–H and O–H groups in total.